The van der Waals surface area contributed by atoms with Gasteiger partial charge in [0, 0.05) is 6.42 Å². The highest BCUT2D eigenvalue weighted by molar-refractivity contribution is 4.94. The average molecular weight is 456 g/mol. The van der Waals surface area contributed by atoms with Gasteiger partial charge in [0.1, 0.15) is 48.8 Å². The summed E-state index contributed by atoms with van der Waals surface area (Å²) in [5.74, 6) is 0. The molecule has 0 spiro atoms. The summed E-state index contributed by atoms with van der Waals surface area (Å²) in [6, 6.07) is 0. The van der Waals surface area contributed by atoms with Crippen molar-refractivity contribution in [2.45, 2.75) is 106 Å². The molecule has 0 aromatic rings. The molecule has 3 rings (SSSR count). The molecular weight excluding hydrogens is 424 g/mol. The van der Waals surface area contributed by atoms with Gasteiger partial charge in [-0.15, -0.1) is 0 Å². The minimum atomic E-state index is -1.75. The Morgan fingerprint density at radius 3 is 1.94 bits per heavy atom. The van der Waals surface area contributed by atoms with Gasteiger partial charge in [0.25, 0.3) is 0 Å². The molecule has 3 aliphatic heterocycles. The Morgan fingerprint density at radius 1 is 0.677 bits per heavy atom. The van der Waals surface area contributed by atoms with Crippen LogP contribution in [0, 0.1) is 0 Å². The van der Waals surface area contributed by atoms with Crippen molar-refractivity contribution in [2.24, 2.45) is 0 Å². The molecule has 0 saturated carbocycles. The Labute approximate surface area is 178 Å². The molecule has 0 aromatic heterocycles. The maximum atomic E-state index is 10.7. The van der Waals surface area contributed by atoms with Crippen molar-refractivity contribution < 1.29 is 64.5 Å². The van der Waals surface area contributed by atoms with Crippen molar-refractivity contribution in [3.63, 3.8) is 0 Å². The number of hydrogen-bond donors (Lipinski definition) is 8. The van der Waals surface area contributed by atoms with Crippen LogP contribution >= 0.6 is 0 Å². The third-order valence-electron chi connectivity index (χ3n) is 5.89. The third kappa shape index (κ3) is 5.19. The van der Waals surface area contributed by atoms with E-state index in [0.717, 1.165) is 0 Å². The number of aliphatic hydroxyl groups is 8. The summed E-state index contributed by atoms with van der Waals surface area (Å²) < 4.78 is 26.9. The highest BCUT2D eigenvalue weighted by atomic mass is 16.7. The lowest BCUT2D eigenvalue weighted by Crippen LogP contribution is -2.64. The summed E-state index contributed by atoms with van der Waals surface area (Å²) in [7, 11) is 0. The maximum absolute atomic E-state index is 10.7. The van der Waals surface area contributed by atoms with Gasteiger partial charge in [0.05, 0.1) is 24.9 Å². The van der Waals surface area contributed by atoms with Gasteiger partial charge < -0.3 is 64.5 Å². The first kappa shape index (κ1) is 25.1. The minimum Gasteiger partial charge on any atom is -0.394 e. The van der Waals surface area contributed by atoms with E-state index in [4.69, 9.17) is 28.8 Å². The number of aliphatic hydroxyl groups excluding tert-OH is 8. The van der Waals surface area contributed by atoms with E-state index in [0.29, 0.717) is 0 Å². The normalized spacial score (nSPS) is 54.0. The van der Waals surface area contributed by atoms with Gasteiger partial charge >= 0.3 is 0 Å². The largest absolute Gasteiger partial charge is 0.394 e. The highest BCUT2D eigenvalue weighted by Crippen LogP contribution is 2.31. The molecule has 0 bridgehead atoms. The van der Waals surface area contributed by atoms with Gasteiger partial charge in [-0.05, 0) is 13.8 Å². The zero-order valence-corrected chi connectivity index (χ0v) is 17.1. The molecule has 3 saturated heterocycles. The molecular formula is C18H32O13. The predicted molar refractivity (Wildman–Crippen MR) is 97.0 cm³/mol. The average Bonchev–Trinajstić information content (AvgIpc) is 2.72. The zero-order valence-electron chi connectivity index (χ0n) is 17.1. The van der Waals surface area contributed by atoms with Crippen molar-refractivity contribution in [3.05, 3.63) is 0 Å². The van der Waals surface area contributed by atoms with Gasteiger partial charge in [-0.2, -0.15) is 0 Å². The SMILES string of the molecule is C[C@@H]1O[C@@H](O[C@@H]2C(O)O[C@H](CO)[C@@H](O)[C@@H]2O)[C@H](O)[C@H](O[C@H]2O[C@H](C)[C@H](O)C[C@H]2O)[C@H]1O. The smallest absolute Gasteiger partial charge is 0.187 e. The van der Waals surface area contributed by atoms with Gasteiger partial charge in [-0.1, -0.05) is 0 Å². The minimum absolute atomic E-state index is 0.0293. The monoisotopic (exact) mass is 456 g/mol. The second-order valence-electron chi connectivity index (χ2n) is 8.20. The Bertz CT molecular complexity index is 581. The molecule has 3 aliphatic rings. The molecule has 13 heteroatoms. The van der Waals surface area contributed by atoms with Crippen molar-refractivity contribution in [2.75, 3.05) is 6.61 Å². The van der Waals surface area contributed by atoms with E-state index in [1.54, 1.807) is 6.92 Å². The lowest BCUT2D eigenvalue weighted by atomic mass is 9.97. The topological polar surface area (TPSA) is 208 Å². The van der Waals surface area contributed by atoms with E-state index in [9.17, 15) is 35.7 Å². The second kappa shape index (κ2) is 10.2. The van der Waals surface area contributed by atoms with Crippen molar-refractivity contribution in [1.82, 2.24) is 0 Å². The van der Waals surface area contributed by atoms with Crippen LogP contribution in [0.3, 0.4) is 0 Å². The van der Waals surface area contributed by atoms with Crippen molar-refractivity contribution in [1.29, 1.82) is 0 Å². The Morgan fingerprint density at radius 2 is 1.29 bits per heavy atom. The predicted octanol–water partition coefficient (Wildman–Crippen LogP) is -4.49. The first-order valence-electron chi connectivity index (χ1n) is 10.2. The molecule has 14 atom stereocenters. The fourth-order valence-corrected chi connectivity index (χ4v) is 3.86. The molecule has 182 valence electrons. The molecule has 31 heavy (non-hydrogen) atoms. The maximum Gasteiger partial charge on any atom is 0.187 e. The van der Waals surface area contributed by atoms with E-state index in [-0.39, 0.29) is 6.42 Å². The fourth-order valence-electron chi connectivity index (χ4n) is 3.86. The van der Waals surface area contributed by atoms with Gasteiger partial charge in [-0.25, -0.2) is 0 Å². The number of rotatable bonds is 5. The Hall–Kier alpha value is -0.520. The van der Waals surface area contributed by atoms with Gasteiger partial charge in [0.15, 0.2) is 18.9 Å². The highest BCUT2D eigenvalue weighted by Gasteiger charge is 2.51. The quantitative estimate of drug-likeness (QED) is 0.196. The molecule has 0 aliphatic carbocycles. The van der Waals surface area contributed by atoms with Crippen LogP contribution in [-0.4, -0.2) is 133 Å². The van der Waals surface area contributed by atoms with Crippen molar-refractivity contribution >= 4 is 0 Å². The molecule has 1 unspecified atom stereocenters. The van der Waals surface area contributed by atoms with Crippen molar-refractivity contribution in [3.8, 4) is 0 Å². The molecule has 0 radical (unpaired) electrons. The van der Waals surface area contributed by atoms with Gasteiger partial charge in [-0.3, -0.25) is 0 Å². The summed E-state index contributed by atoms with van der Waals surface area (Å²) in [5.41, 5.74) is 0. The molecule has 8 N–H and O–H groups in total. The molecule has 0 amide bonds. The van der Waals surface area contributed by atoms with Crippen LogP contribution in [-0.2, 0) is 23.7 Å². The Balaban J connectivity index is 1.70. The van der Waals surface area contributed by atoms with Crippen LogP contribution in [0.1, 0.15) is 20.3 Å². The van der Waals surface area contributed by atoms with Crippen LogP contribution in [0.25, 0.3) is 0 Å². The van der Waals surface area contributed by atoms with Crippen LogP contribution in [0.2, 0.25) is 0 Å². The van der Waals surface area contributed by atoms with E-state index in [2.05, 4.69) is 0 Å². The van der Waals surface area contributed by atoms with Crippen LogP contribution < -0.4 is 0 Å². The summed E-state index contributed by atoms with van der Waals surface area (Å²) in [6.07, 6.45) is -18.7. The molecule has 3 heterocycles. The first-order valence-corrected chi connectivity index (χ1v) is 10.2. The fraction of sp³-hybridized carbons (Fsp3) is 1.00. The van der Waals surface area contributed by atoms with E-state index in [1.807, 2.05) is 0 Å². The molecule has 0 aromatic carbocycles. The first-order chi connectivity index (χ1) is 14.5. The van der Waals surface area contributed by atoms with Crippen LogP contribution in [0.15, 0.2) is 0 Å². The summed E-state index contributed by atoms with van der Waals surface area (Å²) >= 11 is 0. The zero-order chi connectivity index (χ0) is 23.0. The summed E-state index contributed by atoms with van der Waals surface area (Å²) in [4.78, 5) is 0. The molecule has 3 fully saturated rings. The number of ether oxygens (including phenoxy) is 5. The summed E-state index contributed by atoms with van der Waals surface area (Å²) in [5, 5.41) is 80.5. The van der Waals surface area contributed by atoms with Crippen LogP contribution in [0.4, 0.5) is 0 Å². The van der Waals surface area contributed by atoms with E-state index in [1.165, 1.54) is 6.92 Å². The van der Waals surface area contributed by atoms with Crippen LogP contribution in [0.5, 0.6) is 0 Å². The third-order valence-corrected chi connectivity index (χ3v) is 5.89. The second-order valence-corrected chi connectivity index (χ2v) is 8.20. The summed E-state index contributed by atoms with van der Waals surface area (Å²) in [6.45, 7) is 2.39. The lowest BCUT2D eigenvalue weighted by Gasteiger charge is -2.46. The Kier molecular flexibility index (Phi) is 8.24. The van der Waals surface area contributed by atoms with E-state index >= 15 is 0 Å². The van der Waals surface area contributed by atoms with E-state index < -0.39 is 92.6 Å². The number of hydrogen-bond acceptors (Lipinski definition) is 13. The lowest BCUT2D eigenvalue weighted by molar-refractivity contribution is -0.375. The molecule has 13 nitrogen and oxygen atoms in total. The van der Waals surface area contributed by atoms with Gasteiger partial charge in [0.2, 0.25) is 0 Å². The standard InChI is InChI=1S/C18H32O13/c1-5-7(20)3-8(21)17(27-5)30-14-10(22)6(2)28-18(13(14)25)31-15-12(24)11(23)9(4-19)29-16(15)26/h5-26H,3-4H2,1-2H3/t5-,6+,7-,8-,9-,10+,11-,12+,13-,14-,15+,16?,17-,18+/m1/s1.